The lowest BCUT2D eigenvalue weighted by atomic mass is 10.2. The van der Waals surface area contributed by atoms with E-state index in [1.807, 2.05) is 0 Å². The first-order valence-electron chi connectivity index (χ1n) is 8.29. The van der Waals surface area contributed by atoms with Gasteiger partial charge in [0.05, 0.1) is 37.4 Å². The van der Waals surface area contributed by atoms with E-state index in [2.05, 4.69) is 5.32 Å². The Bertz CT molecular complexity index is 701. The number of halogens is 1. The molecule has 1 aromatic carbocycles. The van der Waals surface area contributed by atoms with E-state index in [4.69, 9.17) is 26.5 Å². The number of benzene rings is 1. The Hall–Kier alpha value is -2.76. The van der Waals surface area contributed by atoms with Crippen molar-refractivity contribution in [3.8, 4) is 0 Å². The molecule has 1 saturated heterocycles. The van der Waals surface area contributed by atoms with E-state index in [0.717, 1.165) is 6.34 Å². The molecule has 0 aromatic heterocycles. The number of hydrogen-bond donors (Lipinski definition) is 5. The highest BCUT2D eigenvalue weighted by Gasteiger charge is 2.32. The zero-order valence-electron chi connectivity index (χ0n) is 15.0. The number of amides is 1. The fourth-order valence-electron chi connectivity index (χ4n) is 2.51. The van der Waals surface area contributed by atoms with Gasteiger partial charge in [-0.15, -0.1) is 0 Å². The lowest BCUT2D eigenvalue weighted by Gasteiger charge is -2.22. The molecule has 11 heteroatoms. The Balaban J connectivity index is 1.99. The van der Waals surface area contributed by atoms with Gasteiger partial charge >= 0.3 is 6.09 Å². The molecule has 0 aliphatic carbocycles. The van der Waals surface area contributed by atoms with Gasteiger partial charge in [-0.25, -0.2) is 15.0 Å². The number of amidine groups is 1. The van der Waals surface area contributed by atoms with Gasteiger partial charge in [-0.1, -0.05) is 0 Å². The molecule has 1 atom stereocenters. The Labute approximate surface area is 156 Å². The largest absolute Gasteiger partial charge is 0.441 e. The van der Waals surface area contributed by atoms with Gasteiger partial charge in [-0.3, -0.25) is 15.7 Å². The Morgan fingerprint density at radius 2 is 2.33 bits per heavy atom. The zero-order chi connectivity index (χ0) is 20.0. The number of anilines is 2. The number of nitrogens with one attached hydrogen (secondary N) is 3. The van der Waals surface area contributed by atoms with Crippen LogP contribution in [0, 0.1) is 16.6 Å². The molecular formula is C16H24FN7O3. The van der Waals surface area contributed by atoms with Gasteiger partial charge in [0.15, 0.2) is 0 Å². The van der Waals surface area contributed by atoms with Crippen molar-refractivity contribution >= 4 is 29.6 Å². The predicted molar refractivity (Wildman–Crippen MR) is 99.8 cm³/mol. The Kier molecular flexibility index (Phi) is 7.05. The molecule has 1 amide bonds. The number of ether oxygens (including phenoxy) is 1. The summed E-state index contributed by atoms with van der Waals surface area (Å²) in [5, 5.41) is 28.3. The van der Waals surface area contributed by atoms with Crippen LogP contribution in [-0.2, 0) is 4.74 Å². The second-order valence-corrected chi connectivity index (χ2v) is 5.99. The molecule has 1 aromatic rings. The number of carbonyl (C=O) groups is 1. The number of aliphatic hydroxyl groups is 1. The third-order valence-electron chi connectivity index (χ3n) is 4.03. The van der Waals surface area contributed by atoms with E-state index in [1.54, 1.807) is 13.1 Å². The quantitative estimate of drug-likeness (QED) is 0.132. The third kappa shape index (κ3) is 5.12. The number of likely N-dealkylation sites (N-methyl/N-ethyl adjacent to an activating group) is 1. The summed E-state index contributed by atoms with van der Waals surface area (Å²) < 4.78 is 19.5. The predicted octanol–water partition coefficient (Wildman–Crippen LogP) is -0.0710. The monoisotopic (exact) mass is 381 g/mol. The molecule has 0 radical (unpaired) electrons. The van der Waals surface area contributed by atoms with E-state index < -0.39 is 18.0 Å². The number of hydrogen-bond acceptors (Lipinski definition) is 7. The fourth-order valence-corrected chi connectivity index (χ4v) is 2.51. The van der Waals surface area contributed by atoms with Crippen LogP contribution in [0.1, 0.15) is 0 Å². The molecule has 1 unspecified atom stereocenters. The SMILES string of the molecule is CN(N)C(=N)CNCCN(C=N)c1ccc(N2CC(CO)OC2=O)cc1F. The van der Waals surface area contributed by atoms with Crippen LogP contribution in [0.2, 0.25) is 0 Å². The highest BCUT2D eigenvalue weighted by atomic mass is 19.1. The number of rotatable bonds is 9. The second kappa shape index (κ2) is 9.26. The number of hydrazine groups is 1. The van der Waals surface area contributed by atoms with Crippen molar-refractivity contribution in [3.63, 3.8) is 0 Å². The maximum atomic E-state index is 14.5. The second-order valence-electron chi connectivity index (χ2n) is 5.99. The van der Waals surface area contributed by atoms with Crippen molar-refractivity contribution in [1.29, 1.82) is 10.8 Å². The van der Waals surface area contributed by atoms with Crippen LogP contribution in [0.15, 0.2) is 18.2 Å². The van der Waals surface area contributed by atoms with Crippen LogP contribution in [0.25, 0.3) is 0 Å². The molecule has 2 rings (SSSR count). The van der Waals surface area contributed by atoms with Crippen molar-refractivity contribution in [1.82, 2.24) is 10.3 Å². The Morgan fingerprint density at radius 1 is 1.59 bits per heavy atom. The molecule has 1 aliphatic heterocycles. The molecule has 1 heterocycles. The van der Waals surface area contributed by atoms with E-state index in [-0.39, 0.29) is 31.2 Å². The molecule has 27 heavy (non-hydrogen) atoms. The van der Waals surface area contributed by atoms with Crippen molar-refractivity contribution in [2.75, 3.05) is 49.6 Å². The molecule has 0 spiro atoms. The first-order valence-corrected chi connectivity index (χ1v) is 8.29. The number of aliphatic hydroxyl groups excluding tert-OH is 1. The molecular weight excluding hydrogens is 357 g/mol. The maximum Gasteiger partial charge on any atom is 0.414 e. The Morgan fingerprint density at radius 3 is 2.89 bits per heavy atom. The highest BCUT2D eigenvalue weighted by molar-refractivity contribution is 5.90. The van der Waals surface area contributed by atoms with Crippen LogP contribution in [0.3, 0.4) is 0 Å². The summed E-state index contributed by atoms with van der Waals surface area (Å²) in [5.74, 6) is 5.04. The normalized spacial score (nSPS) is 16.2. The molecule has 10 nitrogen and oxygen atoms in total. The van der Waals surface area contributed by atoms with Crippen molar-refractivity contribution < 1.29 is 19.0 Å². The molecule has 0 saturated carbocycles. The lowest BCUT2D eigenvalue weighted by molar-refractivity contribution is 0.0963. The van der Waals surface area contributed by atoms with Gasteiger partial charge in [0.1, 0.15) is 17.8 Å². The molecule has 1 aliphatic rings. The number of nitrogens with two attached hydrogens (primary N) is 1. The van der Waals surface area contributed by atoms with E-state index in [1.165, 1.54) is 26.9 Å². The fraction of sp³-hybridized carbons (Fsp3) is 0.438. The minimum atomic E-state index is -0.637. The number of carbonyl (C=O) groups excluding carboxylic acids is 1. The van der Waals surface area contributed by atoms with E-state index in [0.29, 0.717) is 18.8 Å². The van der Waals surface area contributed by atoms with Gasteiger partial charge in [-0.05, 0) is 18.2 Å². The highest BCUT2D eigenvalue weighted by Crippen LogP contribution is 2.27. The average molecular weight is 381 g/mol. The topological polar surface area (TPSA) is 142 Å². The maximum absolute atomic E-state index is 14.5. The van der Waals surface area contributed by atoms with Crippen molar-refractivity contribution in [2.24, 2.45) is 5.84 Å². The van der Waals surface area contributed by atoms with Crippen LogP contribution in [0.4, 0.5) is 20.6 Å². The van der Waals surface area contributed by atoms with Crippen LogP contribution in [0.5, 0.6) is 0 Å². The van der Waals surface area contributed by atoms with Crippen molar-refractivity contribution in [3.05, 3.63) is 24.0 Å². The summed E-state index contributed by atoms with van der Waals surface area (Å²) in [6.07, 6.45) is -0.260. The van der Waals surface area contributed by atoms with E-state index >= 15 is 0 Å². The summed E-state index contributed by atoms with van der Waals surface area (Å²) >= 11 is 0. The van der Waals surface area contributed by atoms with Gasteiger partial charge in [0.25, 0.3) is 0 Å². The molecule has 0 bridgehead atoms. The van der Waals surface area contributed by atoms with Gasteiger partial charge < -0.3 is 25.1 Å². The average Bonchev–Trinajstić information content (AvgIpc) is 3.03. The lowest BCUT2D eigenvalue weighted by Crippen LogP contribution is -2.41. The summed E-state index contributed by atoms with van der Waals surface area (Å²) in [4.78, 5) is 14.4. The summed E-state index contributed by atoms with van der Waals surface area (Å²) in [5.41, 5.74) is 0.507. The smallest absolute Gasteiger partial charge is 0.414 e. The zero-order valence-corrected chi connectivity index (χ0v) is 15.0. The van der Waals surface area contributed by atoms with Gasteiger partial charge in [0.2, 0.25) is 0 Å². The summed E-state index contributed by atoms with van der Waals surface area (Å²) in [6.45, 7) is 0.815. The molecule has 148 valence electrons. The standard InChI is InChI=1S/C16H24FN7O3/c1-22(20)15(19)7-21-4-5-23(10-18)14-3-2-11(6-13(14)17)24-8-12(9-25)27-16(24)26/h2-3,6,10,12,18-19,21,25H,4-5,7-9,20H2,1H3. The third-order valence-corrected chi connectivity index (χ3v) is 4.03. The van der Waals surface area contributed by atoms with Crippen LogP contribution in [-0.4, -0.2) is 74.3 Å². The number of nitrogens with zero attached hydrogens (tertiary/aromatic N) is 3. The van der Waals surface area contributed by atoms with E-state index in [9.17, 15) is 9.18 Å². The number of cyclic esters (lactones) is 1. The van der Waals surface area contributed by atoms with Crippen molar-refractivity contribution in [2.45, 2.75) is 6.10 Å². The first-order chi connectivity index (χ1) is 12.9. The summed E-state index contributed by atoms with van der Waals surface area (Å²) in [7, 11) is 1.56. The minimum absolute atomic E-state index is 0.147. The summed E-state index contributed by atoms with van der Waals surface area (Å²) in [6, 6.07) is 4.23. The first kappa shape index (κ1) is 20.6. The van der Waals surface area contributed by atoms with Gasteiger partial charge in [-0.2, -0.15) is 0 Å². The minimum Gasteiger partial charge on any atom is -0.441 e. The molecule has 1 fully saturated rings. The molecule has 6 N–H and O–H groups in total. The van der Waals surface area contributed by atoms with Crippen LogP contribution >= 0.6 is 0 Å². The van der Waals surface area contributed by atoms with Crippen LogP contribution < -0.4 is 21.0 Å². The van der Waals surface area contributed by atoms with Gasteiger partial charge in [0, 0.05) is 20.1 Å².